The van der Waals surface area contributed by atoms with Gasteiger partial charge in [-0.25, -0.2) is 0 Å². The quantitative estimate of drug-likeness (QED) is 0.407. The second kappa shape index (κ2) is 8.99. The van der Waals surface area contributed by atoms with Crippen LogP contribution >= 0.6 is 0 Å². The fraction of sp³-hybridized carbons (Fsp3) is 1.00. The van der Waals surface area contributed by atoms with Gasteiger partial charge in [-0.1, -0.05) is 80.6 Å². The maximum Gasteiger partial charge on any atom is -0.0328 e. The molecular formula is C18H38. The van der Waals surface area contributed by atoms with Gasteiger partial charge in [-0.2, -0.15) is 0 Å². The molecule has 0 bridgehead atoms. The average Bonchev–Trinajstić information content (AvgIpc) is 2.35. The van der Waals surface area contributed by atoms with Crippen molar-refractivity contribution in [3.05, 3.63) is 0 Å². The first-order chi connectivity index (χ1) is 8.34. The van der Waals surface area contributed by atoms with Crippen molar-refractivity contribution in [1.82, 2.24) is 0 Å². The lowest BCUT2D eigenvalue weighted by atomic mass is 9.76. The summed E-state index contributed by atoms with van der Waals surface area (Å²) in [5, 5.41) is 0. The third-order valence-corrected chi connectivity index (χ3v) is 5.37. The van der Waals surface area contributed by atoms with E-state index in [1.165, 1.54) is 44.9 Å². The predicted molar refractivity (Wildman–Crippen MR) is 84.9 cm³/mol. The van der Waals surface area contributed by atoms with Crippen LogP contribution in [0.15, 0.2) is 0 Å². The Bertz CT molecular complexity index is 194. The smallest absolute Gasteiger partial charge is 0.0328 e. The molecule has 0 aromatic carbocycles. The fourth-order valence-corrected chi connectivity index (χ4v) is 2.46. The lowest BCUT2D eigenvalue weighted by Gasteiger charge is -2.30. The highest BCUT2D eigenvalue weighted by molar-refractivity contribution is 4.74. The van der Waals surface area contributed by atoms with Crippen LogP contribution < -0.4 is 0 Å². The summed E-state index contributed by atoms with van der Waals surface area (Å²) in [6, 6.07) is 0. The Balaban J connectivity index is 3.99. The molecule has 0 heteroatoms. The van der Waals surface area contributed by atoms with Gasteiger partial charge in [-0.15, -0.1) is 0 Å². The van der Waals surface area contributed by atoms with E-state index < -0.39 is 0 Å². The van der Waals surface area contributed by atoms with Gasteiger partial charge in [-0.3, -0.25) is 0 Å². The van der Waals surface area contributed by atoms with Gasteiger partial charge in [0.2, 0.25) is 0 Å². The Kier molecular flexibility index (Phi) is 8.99. The summed E-state index contributed by atoms with van der Waals surface area (Å²) in [7, 11) is 0. The van der Waals surface area contributed by atoms with Crippen LogP contribution in [0.5, 0.6) is 0 Å². The normalized spacial score (nSPS) is 18.7. The molecule has 0 N–H and O–H groups in total. The summed E-state index contributed by atoms with van der Waals surface area (Å²) in [4.78, 5) is 0. The molecular weight excluding hydrogens is 216 g/mol. The molecule has 3 atom stereocenters. The van der Waals surface area contributed by atoms with Gasteiger partial charge in [0.1, 0.15) is 0 Å². The molecule has 0 aliphatic carbocycles. The minimum Gasteiger partial charge on any atom is -0.0651 e. The van der Waals surface area contributed by atoms with Crippen molar-refractivity contribution in [3.8, 4) is 0 Å². The molecule has 0 amide bonds. The zero-order valence-corrected chi connectivity index (χ0v) is 14.2. The Morgan fingerprint density at radius 2 is 1.50 bits per heavy atom. The van der Waals surface area contributed by atoms with Crippen molar-refractivity contribution in [2.75, 3.05) is 0 Å². The SMILES string of the molecule is CCC(C)CCC(C)(CC)CCCC(C)C(C)C. The zero-order chi connectivity index (χ0) is 14.2. The molecule has 0 radical (unpaired) electrons. The number of hydrogen-bond donors (Lipinski definition) is 0. The number of rotatable bonds is 10. The molecule has 0 nitrogen and oxygen atoms in total. The molecule has 110 valence electrons. The van der Waals surface area contributed by atoms with Crippen LogP contribution in [0.4, 0.5) is 0 Å². The topological polar surface area (TPSA) is 0 Å². The van der Waals surface area contributed by atoms with Gasteiger partial charge in [-0.05, 0) is 36.0 Å². The van der Waals surface area contributed by atoms with Gasteiger partial charge in [0.15, 0.2) is 0 Å². The third-order valence-electron chi connectivity index (χ3n) is 5.37. The first kappa shape index (κ1) is 18.0. The Hall–Kier alpha value is 0. The highest BCUT2D eigenvalue weighted by Crippen LogP contribution is 2.36. The van der Waals surface area contributed by atoms with Crippen LogP contribution in [-0.4, -0.2) is 0 Å². The molecule has 0 fully saturated rings. The van der Waals surface area contributed by atoms with Gasteiger partial charge < -0.3 is 0 Å². The predicted octanol–water partition coefficient (Wildman–Crippen LogP) is 6.69. The lowest BCUT2D eigenvalue weighted by Crippen LogP contribution is -2.17. The van der Waals surface area contributed by atoms with E-state index in [1.54, 1.807) is 0 Å². The van der Waals surface area contributed by atoms with Crippen molar-refractivity contribution < 1.29 is 0 Å². The van der Waals surface area contributed by atoms with E-state index in [9.17, 15) is 0 Å². The molecule has 3 unspecified atom stereocenters. The van der Waals surface area contributed by atoms with Crippen molar-refractivity contribution >= 4 is 0 Å². The van der Waals surface area contributed by atoms with Crippen LogP contribution in [0.1, 0.15) is 93.4 Å². The summed E-state index contributed by atoms with van der Waals surface area (Å²) < 4.78 is 0. The van der Waals surface area contributed by atoms with E-state index in [0.717, 1.165) is 17.8 Å². The first-order valence-electron chi connectivity index (χ1n) is 8.34. The van der Waals surface area contributed by atoms with Crippen LogP contribution in [0, 0.1) is 23.2 Å². The molecule has 0 aromatic heterocycles. The van der Waals surface area contributed by atoms with Crippen molar-refractivity contribution in [2.24, 2.45) is 23.2 Å². The van der Waals surface area contributed by atoms with Gasteiger partial charge in [0, 0.05) is 0 Å². The van der Waals surface area contributed by atoms with Crippen LogP contribution in [0.2, 0.25) is 0 Å². The maximum absolute atomic E-state index is 2.51. The summed E-state index contributed by atoms with van der Waals surface area (Å²) in [5.74, 6) is 2.64. The summed E-state index contributed by atoms with van der Waals surface area (Å²) in [6.07, 6.45) is 9.79. The van der Waals surface area contributed by atoms with Gasteiger partial charge in [0.25, 0.3) is 0 Å². The first-order valence-corrected chi connectivity index (χ1v) is 8.34. The monoisotopic (exact) mass is 254 g/mol. The Labute approximate surface area is 117 Å². The van der Waals surface area contributed by atoms with E-state index in [2.05, 4.69) is 48.5 Å². The number of hydrogen-bond acceptors (Lipinski definition) is 0. The fourth-order valence-electron chi connectivity index (χ4n) is 2.46. The average molecular weight is 255 g/mol. The second-order valence-corrected chi connectivity index (χ2v) is 7.33. The van der Waals surface area contributed by atoms with Crippen molar-refractivity contribution in [2.45, 2.75) is 93.4 Å². The van der Waals surface area contributed by atoms with Crippen LogP contribution in [0.25, 0.3) is 0 Å². The van der Waals surface area contributed by atoms with Crippen LogP contribution in [0.3, 0.4) is 0 Å². The summed E-state index contributed by atoms with van der Waals surface area (Å²) >= 11 is 0. The molecule has 0 aliphatic rings. The molecule has 0 heterocycles. The molecule has 0 spiro atoms. The summed E-state index contributed by atoms with van der Waals surface area (Å²) in [6.45, 7) is 16.7. The third kappa shape index (κ3) is 7.44. The molecule has 0 aromatic rings. The van der Waals surface area contributed by atoms with Crippen molar-refractivity contribution in [1.29, 1.82) is 0 Å². The Morgan fingerprint density at radius 1 is 0.889 bits per heavy atom. The molecule has 0 saturated heterocycles. The molecule has 0 rings (SSSR count). The second-order valence-electron chi connectivity index (χ2n) is 7.33. The lowest BCUT2D eigenvalue weighted by molar-refractivity contribution is 0.219. The van der Waals surface area contributed by atoms with E-state index in [1.807, 2.05) is 0 Å². The Morgan fingerprint density at radius 3 is 1.94 bits per heavy atom. The van der Waals surface area contributed by atoms with Gasteiger partial charge >= 0.3 is 0 Å². The minimum absolute atomic E-state index is 0.597. The zero-order valence-electron chi connectivity index (χ0n) is 14.2. The standard InChI is InChI=1S/C18H38/c1-8-16(5)12-14-18(7,9-2)13-10-11-17(6)15(3)4/h15-17H,8-14H2,1-7H3. The molecule has 18 heavy (non-hydrogen) atoms. The van der Waals surface area contributed by atoms with E-state index in [-0.39, 0.29) is 0 Å². The highest BCUT2D eigenvalue weighted by atomic mass is 14.3. The molecule has 0 aliphatic heterocycles. The highest BCUT2D eigenvalue weighted by Gasteiger charge is 2.22. The summed E-state index contributed by atoms with van der Waals surface area (Å²) in [5.41, 5.74) is 0.597. The van der Waals surface area contributed by atoms with E-state index in [4.69, 9.17) is 0 Å². The van der Waals surface area contributed by atoms with E-state index in [0.29, 0.717) is 5.41 Å². The van der Waals surface area contributed by atoms with Gasteiger partial charge in [0.05, 0.1) is 0 Å². The maximum atomic E-state index is 2.51. The van der Waals surface area contributed by atoms with Crippen LogP contribution in [-0.2, 0) is 0 Å². The van der Waals surface area contributed by atoms with E-state index >= 15 is 0 Å². The van der Waals surface area contributed by atoms with Crippen molar-refractivity contribution in [3.63, 3.8) is 0 Å². The molecule has 0 saturated carbocycles. The minimum atomic E-state index is 0.597. The largest absolute Gasteiger partial charge is 0.0651 e.